The van der Waals surface area contributed by atoms with Gasteiger partial charge >= 0.3 is 0 Å². The Morgan fingerprint density at radius 1 is 0.842 bits per heavy atom. The van der Waals surface area contributed by atoms with Crippen LogP contribution in [-0.4, -0.2) is 16.9 Å². The number of hydrogen-bond acceptors (Lipinski definition) is 2. The fourth-order valence-electron chi connectivity index (χ4n) is 3.23. The third-order valence-electron chi connectivity index (χ3n) is 3.74. The third-order valence-corrected chi connectivity index (χ3v) is 3.74. The predicted molar refractivity (Wildman–Crippen MR) is 82.1 cm³/mol. The quantitative estimate of drug-likeness (QED) is 0.673. The summed E-state index contributed by atoms with van der Waals surface area (Å²) in [5.74, 6) is 0.297. The lowest BCUT2D eigenvalue weighted by Gasteiger charge is -2.48. The Morgan fingerprint density at radius 3 is 1.42 bits per heavy atom. The third kappa shape index (κ3) is 3.77. The van der Waals surface area contributed by atoms with Crippen molar-refractivity contribution >= 4 is 5.78 Å². The zero-order chi connectivity index (χ0) is 14.4. The lowest BCUT2D eigenvalue weighted by atomic mass is 9.72. The maximum Gasteiger partial charge on any atom is 0.136 e. The van der Waals surface area contributed by atoms with Crippen LogP contribution >= 0.6 is 0 Å². The average Bonchev–Trinajstić information content (AvgIpc) is 2.28. The number of carbonyl (C=O) groups excluding carboxylic acids is 1. The summed E-state index contributed by atoms with van der Waals surface area (Å²) in [6, 6.07) is 0. The summed E-state index contributed by atoms with van der Waals surface area (Å²) in [4.78, 5) is 12.2. The first-order chi connectivity index (χ1) is 9.05. The molecule has 0 saturated carbocycles. The number of piperidine rings is 1. The molecule has 1 rings (SSSR count). The number of carbonyl (C=O) groups is 1. The van der Waals surface area contributed by atoms with E-state index in [1.165, 1.54) is 0 Å². The molecule has 0 aromatic heterocycles. The highest BCUT2D eigenvalue weighted by Crippen LogP contribution is 2.36. The summed E-state index contributed by atoms with van der Waals surface area (Å²) in [6.45, 7) is 15.3. The lowest BCUT2D eigenvalue weighted by Crippen LogP contribution is -2.63. The van der Waals surface area contributed by atoms with Gasteiger partial charge in [-0.1, -0.05) is 24.3 Å². The zero-order valence-corrected chi connectivity index (χ0v) is 11.8. The Bertz CT molecular complexity index is 327. The second kappa shape index (κ2) is 6.67. The number of hydrogen-bond donors (Lipinski definition) is 1. The van der Waals surface area contributed by atoms with Crippen LogP contribution in [0.1, 0.15) is 38.5 Å². The summed E-state index contributed by atoms with van der Waals surface area (Å²) >= 11 is 0. The largest absolute Gasteiger partial charge is 0.304 e. The summed E-state index contributed by atoms with van der Waals surface area (Å²) in [6.07, 6.45) is 11.7. The van der Waals surface area contributed by atoms with Crippen LogP contribution < -0.4 is 5.32 Å². The molecule has 1 aliphatic rings. The van der Waals surface area contributed by atoms with Gasteiger partial charge in [0.05, 0.1) is 0 Å². The van der Waals surface area contributed by atoms with Gasteiger partial charge in [0, 0.05) is 23.9 Å². The molecule has 1 N–H and O–H groups in total. The van der Waals surface area contributed by atoms with Crippen LogP contribution in [0.25, 0.3) is 0 Å². The highest BCUT2D eigenvalue weighted by atomic mass is 16.1. The van der Waals surface area contributed by atoms with Crippen molar-refractivity contribution in [2.24, 2.45) is 0 Å². The molecule has 0 aromatic carbocycles. The monoisotopic (exact) mass is 259 g/mol. The Balaban J connectivity index is 3.09. The Morgan fingerprint density at radius 2 is 1.16 bits per heavy atom. The van der Waals surface area contributed by atoms with Gasteiger partial charge in [0.1, 0.15) is 5.78 Å². The highest BCUT2D eigenvalue weighted by molar-refractivity contribution is 5.82. The van der Waals surface area contributed by atoms with Crippen molar-refractivity contribution in [1.29, 1.82) is 0 Å². The molecule has 1 saturated heterocycles. The van der Waals surface area contributed by atoms with Gasteiger partial charge in [-0.3, -0.25) is 4.79 Å². The van der Waals surface area contributed by atoms with Crippen molar-refractivity contribution in [3.8, 4) is 0 Å². The molecule has 19 heavy (non-hydrogen) atoms. The van der Waals surface area contributed by atoms with Crippen molar-refractivity contribution in [3.63, 3.8) is 0 Å². The molecule has 0 amide bonds. The number of Topliss-reactive ketones (excluding diaryl/α,β-unsaturated/α-hetero) is 1. The van der Waals surface area contributed by atoms with E-state index in [0.29, 0.717) is 18.6 Å². The second-order valence-corrected chi connectivity index (χ2v) is 5.55. The van der Waals surface area contributed by atoms with Crippen LogP contribution in [0.2, 0.25) is 0 Å². The summed E-state index contributed by atoms with van der Waals surface area (Å²) in [7, 11) is 0. The minimum absolute atomic E-state index is 0.245. The van der Waals surface area contributed by atoms with E-state index in [1.54, 1.807) is 0 Å². The minimum Gasteiger partial charge on any atom is -0.304 e. The molecule has 0 aliphatic carbocycles. The Labute approximate surface area is 117 Å². The highest BCUT2D eigenvalue weighted by Gasteiger charge is 2.44. The van der Waals surface area contributed by atoms with Crippen LogP contribution in [0.3, 0.4) is 0 Å². The minimum atomic E-state index is -0.245. The van der Waals surface area contributed by atoms with Gasteiger partial charge in [-0.05, 0) is 25.7 Å². The number of ketones is 1. The predicted octanol–water partition coefficient (Wildman–Crippen LogP) is 3.72. The van der Waals surface area contributed by atoms with Gasteiger partial charge < -0.3 is 5.32 Å². The molecular formula is C17H25NO. The Hall–Kier alpha value is -1.41. The SMILES string of the molecule is C=CCC1(CC=C)CC(=O)CC(CC=C)(CC=C)N1. The van der Waals surface area contributed by atoms with E-state index < -0.39 is 0 Å². The topological polar surface area (TPSA) is 29.1 Å². The second-order valence-electron chi connectivity index (χ2n) is 5.55. The van der Waals surface area contributed by atoms with Crippen LogP contribution in [-0.2, 0) is 4.79 Å². The molecule has 0 spiro atoms. The van der Waals surface area contributed by atoms with Gasteiger partial charge in [0.15, 0.2) is 0 Å². The molecule has 1 heterocycles. The maximum atomic E-state index is 12.2. The van der Waals surface area contributed by atoms with E-state index in [1.807, 2.05) is 24.3 Å². The van der Waals surface area contributed by atoms with E-state index >= 15 is 0 Å². The van der Waals surface area contributed by atoms with E-state index in [4.69, 9.17) is 0 Å². The van der Waals surface area contributed by atoms with Crippen molar-refractivity contribution in [3.05, 3.63) is 50.6 Å². The molecule has 104 valence electrons. The number of nitrogens with one attached hydrogen (secondary N) is 1. The van der Waals surface area contributed by atoms with Gasteiger partial charge in [-0.25, -0.2) is 0 Å². The molecule has 0 radical (unpaired) electrons. The van der Waals surface area contributed by atoms with Crippen LogP contribution in [0.4, 0.5) is 0 Å². The normalized spacial score (nSPS) is 20.5. The molecule has 2 heteroatoms. The van der Waals surface area contributed by atoms with Crippen molar-refractivity contribution in [2.45, 2.75) is 49.6 Å². The number of rotatable bonds is 8. The first-order valence-electron chi connectivity index (χ1n) is 6.80. The standard InChI is InChI=1S/C17H25NO/c1-5-9-16(10-6-2)13-15(19)14-17(18-16,11-7-3)12-8-4/h5-8,18H,1-4,9-14H2. The smallest absolute Gasteiger partial charge is 0.136 e. The Kier molecular flexibility index (Phi) is 5.49. The average molecular weight is 259 g/mol. The van der Waals surface area contributed by atoms with Crippen LogP contribution in [0.15, 0.2) is 50.6 Å². The van der Waals surface area contributed by atoms with Crippen molar-refractivity contribution in [2.75, 3.05) is 0 Å². The van der Waals surface area contributed by atoms with Gasteiger partial charge in [0.2, 0.25) is 0 Å². The molecule has 0 atom stereocenters. The molecule has 2 nitrogen and oxygen atoms in total. The van der Waals surface area contributed by atoms with Gasteiger partial charge in [-0.2, -0.15) is 0 Å². The molecule has 1 aliphatic heterocycles. The van der Waals surface area contributed by atoms with Gasteiger partial charge in [-0.15, -0.1) is 26.3 Å². The van der Waals surface area contributed by atoms with Crippen molar-refractivity contribution < 1.29 is 4.79 Å². The first-order valence-corrected chi connectivity index (χ1v) is 6.80. The molecule has 1 fully saturated rings. The van der Waals surface area contributed by atoms with Gasteiger partial charge in [0.25, 0.3) is 0 Å². The van der Waals surface area contributed by atoms with E-state index in [-0.39, 0.29) is 11.1 Å². The van der Waals surface area contributed by atoms with Crippen LogP contribution in [0, 0.1) is 0 Å². The first kappa shape index (κ1) is 15.6. The van der Waals surface area contributed by atoms with Crippen molar-refractivity contribution in [1.82, 2.24) is 5.32 Å². The lowest BCUT2D eigenvalue weighted by molar-refractivity contribution is -0.125. The molecule has 0 bridgehead atoms. The maximum absolute atomic E-state index is 12.2. The fraction of sp³-hybridized carbons (Fsp3) is 0.471. The van der Waals surface area contributed by atoms with E-state index in [9.17, 15) is 4.79 Å². The summed E-state index contributed by atoms with van der Waals surface area (Å²) < 4.78 is 0. The molecule has 0 aromatic rings. The van der Waals surface area contributed by atoms with E-state index in [0.717, 1.165) is 25.7 Å². The molecule has 0 unspecified atom stereocenters. The molecular weight excluding hydrogens is 234 g/mol. The van der Waals surface area contributed by atoms with E-state index in [2.05, 4.69) is 31.6 Å². The summed E-state index contributed by atoms with van der Waals surface area (Å²) in [5.41, 5.74) is -0.490. The zero-order valence-electron chi connectivity index (χ0n) is 11.8. The fourth-order valence-corrected chi connectivity index (χ4v) is 3.23. The van der Waals surface area contributed by atoms with Crippen LogP contribution in [0.5, 0.6) is 0 Å². The summed E-state index contributed by atoms with van der Waals surface area (Å²) in [5, 5.41) is 3.71.